The van der Waals surface area contributed by atoms with Gasteiger partial charge in [-0.25, -0.2) is 0 Å². The lowest BCUT2D eigenvalue weighted by Crippen LogP contribution is -2.45. The molecule has 6 heteroatoms. The van der Waals surface area contributed by atoms with Gasteiger partial charge in [0.2, 0.25) is 17.7 Å². The van der Waals surface area contributed by atoms with Crippen LogP contribution in [0.1, 0.15) is 124 Å². The van der Waals surface area contributed by atoms with Gasteiger partial charge in [0.1, 0.15) is 0 Å². The molecule has 3 amide bonds. The molecule has 3 rings (SSSR count). The van der Waals surface area contributed by atoms with E-state index in [4.69, 9.17) is 0 Å². The highest BCUT2D eigenvalue weighted by Gasteiger charge is 2.29. The van der Waals surface area contributed by atoms with Gasteiger partial charge >= 0.3 is 0 Å². The van der Waals surface area contributed by atoms with Crippen LogP contribution in [0.5, 0.6) is 0 Å². The van der Waals surface area contributed by atoms with Gasteiger partial charge in [-0.05, 0) is 69.1 Å². The van der Waals surface area contributed by atoms with Gasteiger partial charge in [0.05, 0.1) is 0 Å². The summed E-state index contributed by atoms with van der Waals surface area (Å²) in [7, 11) is 0. The summed E-state index contributed by atoms with van der Waals surface area (Å²) in [6, 6.07) is 0.734. The third kappa shape index (κ3) is 9.09. The van der Waals surface area contributed by atoms with Crippen LogP contribution in [0.2, 0.25) is 0 Å². The smallest absolute Gasteiger partial charge is 0.223 e. The molecule has 0 aliphatic heterocycles. The number of hydrogen-bond donors (Lipinski definition) is 3. The van der Waals surface area contributed by atoms with Gasteiger partial charge < -0.3 is 16.0 Å². The van der Waals surface area contributed by atoms with E-state index in [0.717, 1.165) is 32.1 Å². The van der Waals surface area contributed by atoms with Crippen LogP contribution < -0.4 is 16.0 Å². The van der Waals surface area contributed by atoms with Crippen molar-refractivity contribution in [2.45, 2.75) is 142 Å². The van der Waals surface area contributed by atoms with E-state index < -0.39 is 0 Å². The number of hydrogen-bond acceptors (Lipinski definition) is 3. The van der Waals surface area contributed by atoms with Crippen molar-refractivity contribution in [1.29, 1.82) is 0 Å². The summed E-state index contributed by atoms with van der Waals surface area (Å²) >= 11 is 0. The molecule has 6 unspecified atom stereocenters. The van der Waals surface area contributed by atoms with Crippen molar-refractivity contribution in [3.8, 4) is 0 Å². The predicted molar refractivity (Wildman–Crippen MR) is 141 cm³/mol. The summed E-state index contributed by atoms with van der Waals surface area (Å²) in [5, 5.41) is 9.74. The zero-order valence-corrected chi connectivity index (χ0v) is 22.6. The summed E-state index contributed by atoms with van der Waals surface area (Å²) in [6.07, 6.45) is 15.6. The second-order valence-electron chi connectivity index (χ2n) is 12.0. The van der Waals surface area contributed by atoms with Crippen LogP contribution in [0.3, 0.4) is 0 Å². The average molecular weight is 490 g/mol. The molecule has 3 aliphatic rings. The van der Waals surface area contributed by atoms with Gasteiger partial charge in [-0.15, -0.1) is 0 Å². The van der Waals surface area contributed by atoms with Gasteiger partial charge in [-0.1, -0.05) is 59.3 Å². The van der Waals surface area contributed by atoms with Crippen LogP contribution in [0.25, 0.3) is 0 Å². The summed E-state index contributed by atoms with van der Waals surface area (Å²) in [5.41, 5.74) is 0. The molecule has 0 aromatic rings. The van der Waals surface area contributed by atoms with Gasteiger partial charge in [-0.3, -0.25) is 14.4 Å². The molecule has 6 atom stereocenters. The number of nitrogens with one attached hydrogen (secondary N) is 3. The van der Waals surface area contributed by atoms with Crippen LogP contribution in [0, 0.1) is 23.7 Å². The normalized spacial score (nSPS) is 32.3. The van der Waals surface area contributed by atoms with E-state index in [9.17, 15) is 14.4 Å². The Morgan fingerprint density at radius 2 is 0.914 bits per heavy atom. The zero-order chi connectivity index (χ0) is 25.2. The van der Waals surface area contributed by atoms with Crippen LogP contribution in [-0.4, -0.2) is 35.8 Å². The summed E-state index contributed by atoms with van der Waals surface area (Å²) < 4.78 is 0. The molecular formula is C29H51N3O3. The van der Waals surface area contributed by atoms with Crippen molar-refractivity contribution in [3.05, 3.63) is 0 Å². The molecule has 3 saturated carbocycles. The molecule has 0 aromatic carbocycles. The van der Waals surface area contributed by atoms with Gasteiger partial charge in [-0.2, -0.15) is 0 Å². The monoisotopic (exact) mass is 489 g/mol. The molecule has 35 heavy (non-hydrogen) atoms. The van der Waals surface area contributed by atoms with Gasteiger partial charge in [0.15, 0.2) is 0 Å². The van der Waals surface area contributed by atoms with Crippen molar-refractivity contribution in [2.24, 2.45) is 23.7 Å². The fourth-order valence-electron chi connectivity index (χ4n) is 6.47. The van der Waals surface area contributed by atoms with E-state index in [-0.39, 0.29) is 41.8 Å². The first kappa shape index (κ1) is 28.0. The SMILES string of the molecule is CC1CCCCC1NC(=O)CCC(CCC(=O)NC1CCCCC1C)C(=O)NC1CCCCC1C. The molecule has 0 bridgehead atoms. The van der Waals surface area contributed by atoms with Crippen molar-refractivity contribution >= 4 is 17.7 Å². The fourth-order valence-corrected chi connectivity index (χ4v) is 6.47. The Kier molecular flexibility index (Phi) is 11.4. The average Bonchev–Trinajstić information content (AvgIpc) is 2.83. The number of carbonyl (C=O) groups excluding carboxylic acids is 3. The highest BCUT2D eigenvalue weighted by Crippen LogP contribution is 2.27. The first-order chi connectivity index (χ1) is 16.8. The van der Waals surface area contributed by atoms with E-state index in [1.165, 1.54) is 44.9 Å². The topological polar surface area (TPSA) is 87.3 Å². The zero-order valence-electron chi connectivity index (χ0n) is 22.6. The van der Waals surface area contributed by atoms with E-state index in [1.54, 1.807) is 0 Å². The lowest BCUT2D eigenvalue weighted by Gasteiger charge is -2.31. The van der Waals surface area contributed by atoms with E-state index in [1.807, 2.05) is 0 Å². The Labute approximate surface area is 213 Å². The van der Waals surface area contributed by atoms with Crippen molar-refractivity contribution in [3.63, 3.8) is 0 Å². The van der Waals surface area contributed by atoms with Crippen LogP contribution in [0.15, 0.2) is 0 Å². The van der Waals surface area contributed by atoms with Crippen molar-refractivity contribution in [1.82, 2.24) is 16.0 Å². The Balaban J connectivity index is 1.52. The first-order valence-corrected chi connectivity index (χ1v) is 14.7. The van der Waals surface area contributed by atoms with Crippen LogP contribution in [0.4, 0.5) is 0 Å². The van der Waals surface area contributed by atoms with Crippen molar-refractivity contribution < 1.29 is 14.4 Å². The van der Waals surface area contributed by atoms with E-state index >= 15 is 0 Å². The Bertz CT molecular complexity index is 657. The third-order valence-electron chi connectivity index (χ3n) is 9.17. The molecule has 3 aliphatic carbocycles. The summed E-state index contributed by atoms with van der Waals surface area (Å²) in [6.45, 7) is 6.66. The van der Waals surface area contributed by atoms with Crippen LogP contribution in [-0.2, 0) is 14.4 Å². The molecular weight excluding hydrogens is 438 g/mol. The first-order valence-electron chi connectivity index (χ1n) is 14.7. The lowest BCUT2D eigenvalue weighted by molar-refractivity contribution is -0.128. The Morgan fingerprint density at radius 1 is 0.571 bits per heavy atom. The minimum Gasteiger partial charge on any atom is -0.353 e. The third-order valence-corrected chi connectivity index (χ3v) is 9.17. The van der Waals surface area contributed by atoms with Crippen LogP contribution >= 0.6 is 0 Å². The standard InChI is InChI=1S/C29H51N3O3/c1-20-10-4-7-13-24(20)30-27(33)18-16-23(29(35)32-26-15-9-6-12-22(26)3)17-19-28(34)31-25-14-8-5-11-21(25)2/h20-26H,4-19H2,1-3H3,(H,30,33)(H,31,34)(H,32,35). The molecule has 0 saturated heterocycles. The predicted octanol–water partition coefficient (Wildman–Crippen LogP) is 5.25. The second kappa shape index (κ2) is 14.2. The maximum absolute atomic E-state index is 13.3. The molecule has 0 radical (unpaired) electrons. The number of carbonyl (C=O) groups is 3. The Morgan fingerprint density at radius 3 is 1.29 bits per heavy atom. The Hall–Kier alpha value is -1.59. The molecule has 0 aromatic heterocycles. The molecule has 0 heterocycles. The van der Waals surface area contributed by atoms with E-state index in [0.29, 0.717) is 43.4 Å². The van der Waals surface area contributed by atoms with Gasteiger partial charge in [0.25, 0.3) is 0 Å². The fraction of sp³-hybridized carbons (Fsp3) is 0.897. The maximum atomic E-state index is 13.3. The van der Waals surface area contributed by atoms with Gasteiger partial charge in [0, 0.05) is 36.9 Å². The lowest BCUT2D eigenvalue weighted by atomic mass is 9.85. The molecule has 6 nitrogen and oxygen atoms in total. The highest BCUT2D eigenvalue weighted by atomic mass is 16.2. The van der Waals surface area contributed by atoms with E-state index in [2.05, 4.69) is 36.7 Å². The molecule has 0 spiro atoms. The minimum atomic E-state index is -0.298. The summed E-state index contributed by atoms with van der Waals surface area (Å²) in [4.78, 5) is 38.8. The molecule has 3 N–H and O–H groups in total. The molecule has 3 fully saturated rings. The quantitative estimate of drug-likeness (QED) is 0.392. The highest BCUT2D eigenvalue weighted by molar-refractivity contribution is 5.82. The minimum absolute atomic E-state index is 0.0291. The maximum Gasteiger partial charge on any atom is 0.223 e. The second-order valence-corrected chi connectivity index (χ2v) is 12.0. The van der Waals surface area contributed by atoms with Crippen molar-refractivity contribution in [2.75, 3.05) is 0 Å². The molecule has 200 valence electrons. The summed E-state index contributed by atoms with van der Waals surface area (Å²) in [5.74, 6) is 1.35. The number of rotatable bonds is 10. The largest absolute Gasteiger partial charge is 0.353 e. The number of amides is 3.